The Labute approximate surface area is 228 Å². The van der Waals surface area contributed by atoms with E-state index in [4.69, 9.17) is 5.73 Å². The van der Waals surface area contributed by atoms with Gasteiger partial charge in [0.05, 0.1) is 17.0 Å². The summed E-state index contributed by atoms with van der Waals surface area (Å²) >= 11 is 0. The van der Waals surface area contributed by atoms with E-state index in [0.717, 1.165) is 16.7 Å². The van der Waals surface area contributed by atoms with E-state index in [1.165, 1.54) is 0 Å². The molecule has 0 fully saturated rings. The summed E-state index contributed by atoms with van der Waals surface area (Å²) in [6, 6.07) is 36.9. The van der Waals surface area contributed by atoms with Crippen molar-refractivity contribution in [2.75, 3.05) is 0 Å². The average molecular weight is 588 g/mol. The monoisotopic (exact) mass is 588 g/mol. The Hall–Kier alpha value is -2.63. The van der Waals surface area contributed by atoms with Gasteiger partial charge in [-0.25, -0.2) is 13.1 Å². The van der Waals surface area contributed by atoms with Crippen LogP contribution in [0.15, 0.2) is 126 Å². The maximum atomic E-state index is 13.1. The quantitative estimate of drug-likeness (QED) is 0.257. The third-order valence-electron chi connectivity index (χ3n) is 5.68. The Morgan fingerprint density at radius 1 is 0.639 bits per heavy atom. The van der Waals surface area contributed by atoms with E-state index in [1.54, 1.807) is 12.1 Å². The zero-order chi connectivity index (χ0) is 25.3. The van der Waals surface area contributed by atoms with Crippen LogP contribution < -0.4 is 10.5 Å². The molecule has 6 heteroatoms. The molecule has 36 heavy (non-hydrogen) atoms. The first-order chi connectivity index (χ1) is 16.7. The van der Waals surface area contributed by atoms with Gasteiger partial charge < -0.3 is 5.73 Å². The maximum Gasteiger partial charge on any atom is 0.241 e. The molecule has 0 aromatic heterocycles. The molecule has 4 rings (SSSR count). The second kappa shape index (κ2) is 13.6. The molecule has 0 saturated carbocycles. The molecule has 4 nitrogen and oxygen atoms in total. The van der Waals surface area contributed by atoms with Crippen LogP contribution in [0.2, 0.25) is 0 Å². The largest absolute Gasteiger partial charge is 0.322 e. The second-order valence-electron chi connectivity index (χ2n) is 9.38. The van der Waals surface area contributed by atoms with Gasteiger partial charge in [-0.1, -0.05) is 130 Å². The van der Waals surface area contributed by atoms with Gasteiger partial charge in [-0.15, -0.1) is 0 Å². The smallest absolute Gasteiger partial charge is 0.241 e. The van der Waals surface area contributed by atoms with Crippen molar-refractivity contribution in [2.45, 2.75) is 43.2 Å². The van der Waals surface area contributed by atoms with Gasteiger partial charge >= 0.3 is 0 Å². The van der Waals surface area contributed by atoms with Crippen molar-refractivity contribution < 1.29 is 27.9 Å². The van der Waals surface area contributed by atoms with E-state index in [1.807, 2.05) is 109 Å². The van der Waals surface area contributed by atoms with Crippen LogP contribution in [0.3, 0.4) is 0 Å². The van der Waals surface area contributed by atoms with Crippen LogP contribution >= 0.6 is 0 Å². The summed E-state index contributed by atoms with van der Waals surface area (Å²) in [5.74, 6) is 0. The van der Waals surface area contributed by atoms with Crippen LogP contribution in [0.1, 0.15) is 49.5 Å². The number of hydrogen-bond donors (Lipinski definition) is 2. The molecular weight excluding hydrogens is 553 g/mol. The molecule has 0 aliphatic heterocycles. The number of nitrogens with two attached hydrogens (primary N) is 1. The fraction of sp³-hybridized carbons (Fsp3) is 0.200. The molecule has 0 heterocycles. The maximum absolute atomic E-state index is 13.1. The second-order valence-corrected chi connectivity index (χ2v) is 11.1. The minimum Gasteiger partial charge on any atom is -0.322 e. The van der Waals surface area contributed by atoms with Crippen molar-refractivity contribution in [2.24, 2.45) is 5.73 Å². The first kappa shape index (κ1) is 29.6. The normalized spacial score (nSPS) is 12.9. The van der Waals surface area contributed by atoms with Gasteiger partial charge in [0, 0.05) is 19.5 Å². The van der Waals surface area contributed by atoms with Crippen molar-refractivity contribution in [3.05, 3.63) is 138 Å². The van der Waals surface area contributed by atoms with Gasteiger partial charge in [0.15, 0.2) is 0 Å². The molecule has 0 saturated heterocycles. The summed E-state index contributed by atoms with van der Waals surface area (Å²) < 4.78 is 29.1. The Morgan fingerprint density at radius 3 is 1.44 bits per heavy atom. The van der Waals surface area contributed by atoms with Crippen LogP contribution in [0.5, 0.6) is 0 Å². The Morgan fingerprint density at radius 2 is 1.03 bits per heavy atom. The fourth-order valence-electron chi connectivity index (χ4n) is 3.63. The van der Waals surface area contributed by atoms with Gasteiger partial charge in [0.25, 0.3) is 0 Å². The molecule has 4 aromatic carbocycles. The van der Waals surface area contributed by atoms with E-state index in [0.29, 0.717) is 0 Å². The summed E-state index contributed by atoms with van der Waals surface area (Å²) in [4.78, 5) is 0.228. The third kappa shape index (κ3) is 8.49. The molecule has 0 bridgehead atoms. The van der Waals surface area contributed by atoms with Gasteiger partial charge in [0.1, 0.15) is 0 Å². The van der Waals surface area contributed by atoms with E-state index in [-0.39, 0.29) is 29.8 Å². The number of hydrogen-bond acceptors (Lipinski definition) is 3. The zero-order valence-corrected chi connectivity index (χ0v) is 23.4. The zero-order valence-electron chi connectivity index (χ0n) is 20.9. The average Bonchev–Trinajstić information content (AvgIpc) is 2.89. The van der Waals surface area contributed by atoms with Crippen LogP contribution in [-0.2, 0) is 34.9 Å². The summed E-state index contributed by atoms with van der Waals surface area (Å²) in [5.41, 5.74) is 9.23. The number of nitrogens with one attached hydrogen (secondary N) is 1. The summed E-state index contributed by atoms with van der Waals surface area (Å²) in [6.07, 6.45) is 0. The van der Waals surface area contributed by atoms with Crippen molar-refractivity contribution in [1.82, 2.24) is 4.72 Å². The van der Waals surface area contributed by atoms with Crippen molar-refractivity contribution >= 4 is 10.0 Å². The van der Waals surface area contributed by atoms with Crippen LogP contribution in [0.25, 0.3) is 0 Å². The van der Waals surface area contributed by atoms with Crippen LogP contribution in [-0.4, -0.2) is 8.42 Å². The Bertz CT molecular complexity index is 1230. The molecule has 0 aliphatic carbocycles. The predicted octanol–water partition coefficient (Wildman–Crippen LogP) is 6.39. The van der Waals surface area contributed by atoms with Crippen molar-refractivity contribution in [3.8, 4) is 0 Å². The standard InChI is InChI=1S/C24H28N2O2S.C6H6.Ru/c1-24(2,3)20-14-16-21(17-15-20)29(27,28)26-23(19-12-8-5-9-13-19)22(25)18-10-6-4-7-11-18;1-2-4-6-5-3-1;/h4-17,22-23,26H,25H2,1-3H3;1-6H;/t22-,23-;;/m1../s1. The van der Waals surface area contributed by atoms with Gasteiger partial charge in [-0.2, -0.15) is 0 Å². The summed E-state index contributed by atoms with van der Waals surface area (Å²) in [5, 5.41) is 0. The molecule has 0 spiro atoms. The minimum atomic E-state index is -3.75. The first-order valence-corrected chi connectivity index (χ1v) is 13.2. The molecule has 4 aromatic rings. The molecule has 3 N–H and O–H groups in total. The minimum absolute atomic E-state index is 0. The Kier molecular flexibility index (Phi) is 11.2. The Balaban J connectivity index is 0.000000571. The first-order valence-electron chi connectivity index (χ1n) is 11.7. The SMILES string of the molecule is CC(C)(C)c1ccc(S(=O)(=O)N[C@H](c2ccccc2)[C@H](N)c2ccccc2)cc1.[Ru].c1ccccc1. The van der Waals surface area contributed by atoms with Gasteiger partial charge in [-0.3, -0.25) is 0 Å². The molecule has 2 atom stereocenters. The molecular formula is C30H34N2O2RuS. The molecule has 0 radical (unpaired) electrons. The van der Waals surface area contributed by atoms with E-state index in [9.17, 15) is 8.42 Å². The van der Waals surface area contributed by atoms with Crippen LogP contribution in [0, 0.1) is 0 Å². The van der Waals surface area contributed by atoms with E-state index < -0.39 is 22.1 Å². The van der Waals surface area contributed by atoms with Crippen molar-refractivity contribution in [1.29, 1.82) is 0 Å². The summed E-state index contributed by atoms with van der Waals surface area (Å²) in [6.45, 7) is 6.29. The number of rotatable bonds is 6. The number of benzene rings is 4. The predicted molar refractivity (Wildman–Crippen MR) is 144 cm³/mol. The van der Waals surface area contributed by atoms with E-state index >= 15 is 0 Å². The molecule has 0 amide bonds. The van der Waals surface area contributed by atoms with Gasteiger partial charge in [-0.05, 0) is 34.2 Å². The molecule has 0 aliphatic rings. The topological polar surface area (TPSA) is 72.2 Å². The molecule has 190 valence electrons. The fourth-order valence-corrected chi connectivity index (χ4v) is 4.88. The van der Waals surface area contributed by atoms with Crippen LogP contribution in [0.4, 0.5) is 0 Å². The van der Waals surface area contributed by atoms with Crippen molar-refractivity contribution in [3.63, 3.8) is 0 Å². The summed E-state index contributed by atoms with van der Waals surface area (Å²) in [7, 11) is -3.75. The molecule has 0 unspecified atom stereocenters. The van der Waals surface area contributed by atoms with E-state index in [2.05, 4.69) is 25.5 Å². The number of sulfonamides is 1. The third-order valence-corrected chi connectivity index (χ3v) is 7.14. The van der Waals surface area contributed by atoms with Gasteiger partial charge in [0.2, 0.25) is 10.0 Å².